The highest BCUT2D eigenvalue weighted by Gasteiger charge is 2.48. The SMILES string of the molecule is CC(=O)CCCNC(=O)C1(C)CCN2C(=O)C(C)NC(=O)C2C1. The third-order valence-corrected chi connectivity index (χ3v) is 4.78. The van der Waals surface area contributed by atoms with Crippen LogP contribution in [-0.4, -0.2) is 53.6 Å². The van der Waals surface area contributed by atoms with Gasteiger partial charge in [-0.25, -0.2) is 0 Å². The van der Waals surface area contributed by atoms with Crippen molar-refractivity contribution in [3.05, 3.63) is 0 Å². The van der Waals surface area contributed by atoms with Gasteiger partial charge in [0.2, 0.25) is 17.7 Å². The highest BCUT2D eigenvalue weighted by Crippen LogP contribution is 2.36. The van der Waals surface area contributed by atoms with E-state index in [1.807, 2.05) is 6.92 Å². The number of Topliss-reactive ketones (excluding diaryl/α,β-unsaturated/α-hetero) is 1. The lowest BCUT2D eigenvalue weighted by atomic mass is 9.75. The van der Waals surface area contributed by atoms with Crippen molar-refractivity contribution in [1.82, 2.24) is 15.5 Å². The highest BCUT2D eigenvalue weighted by atomic mass is 16.2. The third-order valence-electron chi connectivity index (χ3n) is 4.78. The molecule has 2 fully saturated rings. The number of nitrogens with one attached hydrogen (secondary N) is 2. The zero-order chi connectivity index (χ0) is 17.2. The lowest BCUT2D eigenvalue weighted by Crippen LogP contribution is -2.66. The minimum atomic E-state index is -0.671. The molecular weight excluding hydrogens is 298 g/mol. The van der Waals surface area contributed by atoms with E-state index < -0.39 is 17.5 Å². The van der Waals surface area contributed by atoms with Crippen LogP contribution in [0.1, 0.15) is 46.5 Å². The molecule has 2 saturated heterocycles. The summed E-state index contributed by atoms with van der Waals surface area (Å²) >= 11 is 0. The van der Waals surface area contributed by atoms with E-state index in [9.17, 15) is 19.2 Å². The van der Waals surface area contributed by atoms with Gasteiger partial charge in [-0.3, -0.25) is 14.4 Å². The van der Waals surface area contributed by atoms with Crippen molar-refractivity contribution in [1.29, 1.82) is 0 Å². The smallest absolute Gasteiger partial charge is 0.245 e. The summed E-state index contributed by atoms with van der Waals surface area (Å²) in [4.78, 5) is 49.3. The monoisotopic (exact) mass is 323 g/mol. The van der Waals surface area contributed by atoms with Gasteiger partial charge in [0.1, 0.15) is 17.9 Å². The first kappa shape index (κ1) is 17.4. The molecule has 128 valence electrons. The fourth-order valence-corrected chi connectivity index (χ4v) is 3.24. The summed E-state index contributed by atoms with van der Waals surface area (Å²) in [6, 6.07) is -1.07. The first-order valence-corrected chi connectivity index (χ1v) is 8.13. The molecule has 0 spiro atoms. The number of carbonyl (C=O) groups is 4. The van der Waals surface area contributed by atoms with Crippen molar-refractivity contribution in [3.8, 4) is 0 Å². The summed E-state index contributed by atoms with van der Waals surface area (Å²) in [5, 5.41) is 5.52. The molecular formula is C16H25N3O4. The van der Waals surface area contributed by atoms with Crippen molar-refractivity contribution in [2.24, 2.45) is 5.41 Å². The summed E-state index contributed by atoms with van der Waals surface area (Å²) < 4.78 is 0. The first-order valence-electron chi connectivity index (χ1n) is 8.13. The molecule has 0 saturated carbocycles. The van der Waals surface area contributed by atoms with E-state index in [1.54, 1.807) is 11.8 Å². The quantitative estimate of drug-likeness (QED) is 0.696. The van der Waals surface area contributed by atoms with Crippen molar-refractivity contribution in [2.75, 3.05) is 13.1 Å². The third kappa shape index (κ3) is 3.71. The molecule has 3 atom stereocenters. The molecule has 0 aromatic rings. The number of nitrogens with zero attached hydrogens (tertiary/aromatic N) is 1. The van der Waals surface area contributed by atoms with Crippen LogP contribution in [-0.2, 0) is 19.2 Å². The number of carbonyl (C=O) groups excluding carboxylic acids is 4. The summed E-state index contributed by atoms with van der Waals surface area (Å²) in [7, 11) is 0. The van der Waals surface area contributed by atoms with E-state index in [-0.39, 0.29) is 23.5 Å². The van der Waals surface area contributed by atoms with Crippen molar-refractivity contribution in [3.63, 3.8) is 0 Å². The lowest BCUT2D eigenvalue weighted by molar-refractivity contribution is -0.156. The average Bonchev–Trinajstić information content (AvgIpc) is 2.49. The maximum Gasteiger partial charge on any atom is 0.245 e. The van der Waals surface area contributed by atoms with Gasteiger partial charge in [0.05, 0.1) is 5.41 Å². The molecule has 0 aromatic heterocycles. The van der Waals surface area contributed by atoms with Crippen LogP contribution in [0.25, 0.3) is 0 Å². The second-order valence-electron chi connectivity index (χ2n) is 6.85. The van der Waals surface area contributed by atoms with Crippen LogP contribution in [0.2, 0.25) is 0 Å². The fraction of sp³-hybridized carbons (Fsp3) is 0.750. The number of rotatable bonds is 5. The molecule has 23 heavy (non-hydrogen) atoms. The molecule has 0 bridgehead atoms. The number of hydrogen-bond donors (Lipinski definition) is 2. The first-order chi connectivity index (χ1) is 10.7. The molecule has 2 aliphatic heterocycles. The normalized spacial score (nSPS) is 30.5. The predicted octanol–water partition coefficient (Wildman–Crippen LogP) is -0.0126. The predicted molar refractivity (Wildman–Crippen MR) is 83.4 cm³/mol. The van der Waals surface area contributed by atoms with Gasteiger partial charge < -0.3 is 20.3 Å². The minimum absolute atomic E-state index is 0.0847. The van der Waals surface area contributed by atoms with Gasteiger partial charge in [-0.1, -0.05) is 6.92 Å². The molecule has 0 aromatic carbocycles. The summed E-state index contributed by atoms with van der Waals surface area (Å²) in [6.45, 7) is 5.90. The topological polar surface area (TPSA) is 95.6 Å². The molecule has 0 aliphatic carbocycles. The van der Waals surface area contributed by atoms with E-state index in [1.165, 1.54) is 6.92 Å². The van der Waals surface area contributed by atoms with E-state index in [0.29, 0.717) is 38.8 Å². The zero-order valence-corrected chi connectivity index (χ0v) is 14.0. The Balaban J connectivity index is 1.96. The molecule has 0 radical (unpaired) electrons. The van der Waals surface area contributed by atoms with Crippen LogP contribution in [0.3, 0.4) is 0 Å². The van der Waals surface area contributed by atoms with Crippen LogP contribution in [0.15, 0.2) is 0 Å². The Bertz CT molecular complexity index is 533. The van der Waals surface area contributed by atoms with Gasteiger partial charge in [0.25, 0.3) is 0 Å². The van der Waals surface area contributed by atoms with Gasteiger partial charge in [-0.15, -0.1) is 0 Å². The molecule has 2 N–H and O–H groups in total. The molecule has 2 rings (SSSR count). The van der Waals surface area contributed by atoms with E-state index in [4.69, 9.17) is 0 Å². The van der Waals surface area contributed by atoms with Crippen molar-refractivity contribution in [2.45, 2.75) is 58.5 Å². The maximum atomic E-state index is 12.5. The molecule has 3 unspecified atom stereocenters. The van der Waals surface area contributed by atoms with Gasteiger partial charge in [0, 0.05) is 19.5 Å². The second kappa shape index (κ2) is 6.68. The number of fused-ring (bicyclic) bond motifs is 1. The molecule has 7 nitrogen and oxygen atoms in total. The largest absolute Gasteiger partial charge is 0.356 e. The summed E-state index contributed by atoms with van der Waals surface area (Å²) in [5.41, 5.74) is -0.671. The van der Waals surface area contributed by atoms with Gasteiger partial charge >= 0.3 is 0 Å². The Morgan fingerprint density at radius 3 is 2.74 bits per heavy atom. The standard InChI is InChI=1S/C16H25N3O4/c1-10(20)5-4-7-17-15(23)16(3)6-8-19-12(9-16)13(21)18-11(2)14(19)22/h11-12H,4-9H2,1-3H3,(H,17,23)(H,18,21). The lowest BCUT2D eigenvalue weighted by Gasteiger charge is -2.46. The Kier molecular flexibility index (Phi) is 5.06. The Hall–Kier alpha value is -1.92. The van der Waals surface area contributed by atoms with Gasteiger partial charge in [-0.05, 0) is 33.1 Å². The Morgan fingerprint density at radius 1 is 1.39 bits per heavy atom. The second-order valence-corrected chi connectivity index (χ2v) is 6.85. The summed E-state index contributed by atoms with van der Waals surface area (Å²) in [5.74, 6) is -0.282. The number of piperidine rings is 1. The maximum absolute atomic E-state index is 12.5. The van der Waals surface area contributed by atoms with Crippen molar-refractivity contribution >= 4 is 23.5 Å². The van der Waals surface area contributed by atoms with Gasteiger partial charge in [0.15, 0.2) is 0 Å². The van der Waals surface area contributed by atoms with E-state index >= 15 is 0 Å². The van der Waals surface area contributed by atoms with Crippen LogP contribution in [0.4, 0.5) is 0 Å². The van der Waals surface area contributed by atoms with Gasteiger partial charge in [-0.2, -0.15) is 0 Å². The number of amides is 3. The number of piperazine rings is 1. The number of hydrogen-bond acceptors (Lipinski definition) is 4. The van der Waals surface area contributed by atoms with E-state index in [0.717, 1.165) is 0 Å². The van der Waals surface area contributed by atoms with Crippen LogP contribution < -0.4 is 10.6 Å². The minimum Gasteiger partial charge on any atom is -0.356 e. The van der Waals surface area contributed by atoms with Crippen LogP contribution in [0, 0.1) is 5.41 Å². The Labute approximate surface area is 136 Å². The number of ketones is 1. The highest BCUT2D eigenvalue weighted by molar-refractivity contribution is 5.97. The zero-order valence-electron chi connectivity index (χ0n) is 14.0. The van der Waals surface area contributed by atoms with E-state index in [2.05, 4.69) is 10.6 Å². The molecule has 2 heterocycles. The Morgan fingerprint density at radius 2 is 2.09 bits per heavy atom. The molecule has 3 amide bonds. The summed E-state index contributed by atoms with van der Waals surface area (Å²) in [6.07, 6.45) is 1.93. The van der Waals surface area contributed by atoms with Crippen LogP contribution in [0.5, 0.6) is 0 Å². The fourth-order valence-electron chi connectivity index (χ4n) is 3.24. The molecule has 2 aliphatic rings. The van der Waals surface area contributed by atoms with Crippen LogP contribution >= 0.6 is 0 Å². The average molecular weight is 323 g/mol. The molecule has 7 heteroatoms. The van der Waals surface area contributed by atoms with Crippen molar-refractivity contribution < 1.29 is 19.2 Å².